The summed E-state index contributed by atoms with van der Waals surface area (Å²) in [5.74, 6) is -0.658. The van der Waals surface area contributed by atoms with E-state index in [0.29, 0.717) is 29.7 Å². The zero-order valence-corrected chi connectivity index (χ0v) is 21.8. The number of ether oxygens (including phenoxy) is 2. The Bertz CT molecular complexity index is 1240. The van der Waals surface area contributed by atoms with Gasteiger partial charge in [0.1, 0.15) is 29.5 Å². The van der Waals surface area contributed by atoms with E-state index in [9.17, 15) is 13.8 Å². The van der Waals surface area contributed by atoms with Crippen LogP contribution in [0.1, 0.15) is 39.7 Å². The highest BCUT2D eigenvalue weighted by molar-refractivity contribution is 7.59. The smallest absolute Gasteiger partial charge is 0.326 e. The van der Waals surface area contributed by atoms with Gasteiger partial charge in [-0.3, -0.25) is 9.36 Å². The third-order valence-corrected chi connectivity index (χ3v) is 7.36. The highest BCUT2D eigenvalue weighted by Gasteiger charge is 2.37. The molecule has 13 heteroatoms. The molecule has 2 heterocycles. The van der Waals surface area contributed by atoms with Gasteiger partial charge in [-0.15, -0.1) is 0 Å². The van der Waals surface area contributed by atoms with E-state index in [1.54, 1.807) is 36.9 Å². The van der Waals surface area contributed by atoms with Crippen LogP contribution in [0, 0.1) is 5.82 Å². The predicted octanol–water partition coefficient (Wildman–Crippen LogP) is 3.21. The van der Waals surface area contributed by atoms with Crippen molar-refractivity contribution in [3.05, 3.63) is 48.3 Å². The van der Waals surface area contributed by atoms with E-state index in [0.717, 1.165) is 0 Å². The first-order chi connectivity index (χ1) is 17.0. The number of esters is 1. The van der Waals surface area contributed by atoms with Crippen molar-refractivity contribution in [1.82, 2.24) is 29.7 Å². The Morgan fingerprint density at radius 3 is 2.81 bits per heavy atom. The maximum absolute atomic E-state index is 13.9. The van der Waals surface area contributed by atoms with E-state index in [1.807, 2.05) is 13.8 Å². The maximum Gasteiger partial charge on any atom is 0.326 e. The number of aromatic nitrogens is 4. The van der Waals surface area contributed by atoms with E-state index in [4.69, 9.17) is 15.2 Å². The number of rotatable bonds is 13. The molecule has 4 N–H and O–H groups in total. The van der Waals surface area contributed by atoms with Crippen molar-refractivity contribution in [2.75, 3.05) is 18.7 Å². The number of carbonyl (C=O) groups excluding carboxylic acids is 1. The summed E-state index contributed by atoms with van der Waals surface area (Å²) in [5, 5.41) is 5.86. The Morgan fingerprint density at radius 2 is 2.08 bits per heavy atom. The molecular formula is C23H33FN7O4P. The van der Waals surface area contributed by atoms with Crippen molar-refractivity contribution < 1.29 is 23.2 Å². The molecule has 0 spiro atoms. The largest absolute Gasteiger partial charge is 0.464 e. The van der Waals surface area contributed by atoms with Crippen LogP contribution >= 0.6 is 7.44 Å². The van der Waals surface area contributed by atoms with Crippen LogP contribution in [0.3, 0.4) is 0 Å². The number of hydrogen-bond donors (Lipinski definition) is 3. The second-order valence-electron chi connectivity index (χ2n) is 9.01. The summed E-state index contributed by atoms with van der Waals surface area (Å²) in [4.78, 5) is 25.0. The van der Waals surface area contributed by atoms with Gasteiger partial charge in [0.2, 0.25) is 7.44 Å². The quantitative estimate of drug-likeness (QED) is 0.226. The number of fused-ring (bicyclic) bond motifs is 1. The van der Waals surface area contributed by atoms with Crippen LogP contribution in [-0.4, -0.2) is 50.1 Å². The van der Waals surface area contributed by atoms with Crippen LogP contribution in [-0.2, 0) is 31.9 Å². The molecule has 0 aliphatic rings. The molecule has 0 saturated heterocycles. The molecule has 0 saturated carbocycles. The standard InChI is InChI=1S/C23H33FN7O4P/c1-5-9-34-22(32)23(3,4)30-36(33,29-11-17-7-6-8-18(24)10-17)15-35-16(2)12-31-14-28-19-20(25)26-13-27-21(19)31/h6-8,10,13-14,16H,5,9,11-12,15H2,1-4H3,(H2,25,26,27)(H2,29,30,33)/t16-,36?/m0/s1. The summed E-state index contributed by atoms with van der Waals surface area (Å²) in [6.45, 7) is 7.60. The third kappa shape index (κ3) is 7.30. The highest BCUT2D eigenvalue weighted by Crippen LogP contribution is 2.40. The van der Waals surface area contributed by atoms with Gasteiger partial charge in [-0.05, 0) is 44.9 Å². The van der Waals surface area contributed by atoms with Gasteiger partial charge in [0.15, 0.2) is 11.5 Å². The molecule has 196 valence electrons. The molecule has 2 atom stereocenters. The Kier molecular flexibility index (Phi) is 9.13. The fourth-order valence-electron chi connectivity index (χ4n) is 3.45. The van der Waals surface area contributed by atoms with Crippen molar-refractivity contribution >= 4 is 30.4 Å². The molecule has 0 aliphatic carbocycles. The average Bonchev–Trinajstić information content (AvgIpc) is 3.24. The minimum absolute atomic E-state index is 0.0994. The fraction of sp³-hybridized carbons (Fsp3) is 0.478. The SMILES string of the molecule is CCCOC(=O)C(C)(C)NP(=O)(CO[C@@H](C)Cn1cnc2c(N)ncnc21)NCc1cccc(F)c1. The van der Waals surface area contributed by atoms with Crippen LogP contribution in [0.15, 0.2) is 36.9 Å². The summed E-state index contributed by atoms with van der Waals surface area (Å²) in [6, 6.07) is 5.96. The molecule has 0 amide bonds. The van der Waals surface area contributed by atoms with E-state index in [-0.39, 0.29) is 25.3 Å². The van der Waals surface area contributed by atoms with Gasteiger partial charge in [-0.2, -0.15) is 0 Å². The Balaban J connectivity index is 1.72. The van der Waals surface area contributed by atoms with Crippen LogP contribution < -0.4 is 15.9 Å². The lowest BCUT2D eigenvalue weighted by molar-refractivity contribution is -0.149. The van der Waals surface area contributed by atoms with Crippen LogP contribution in [0.25, 0.3) is 11.2 Å². The van der Waals surface area contributed by atoms with Gasteiger partial charge >= 0.3 is 5.97 Å². The number of carbonyl (C=O) groups is 1. The number of benzene rings is 1. The van der Waals surface area contributed by atoms with E-state index in [2.05, 4.69) is 25.1 Å². The van der Waals surface area contributed by atoms with Gasteiger partial charge < -0.3 is 19.8 Å². The molecule has 1 aromatic carbocycles. The number of imidazole rings is 1. The number of nitrogens with zero attached hydrogens (tertiary/aromatic N) is 4. The first-order valence-corrected chi connectivity index (χ1v) is 13.5. The molecule has 36 heavy (non-hydrogen) atoms. The van der Waals surface area contributed by atoms with Crippen molar-refractivity contribution in [3.8, 4) is 0 Å². The fourth-order valence-corrected chi connectivity index (χ4v) is 5.58. The molecule has 11 nitrogen and oxygen atoms in total. The summed E-state index contributed by atoms with van der Waals surface area (Å²) >= 11 is 0. The molecule has 0 fully saturated rings. The molecule has 0 radical (unpaired) electrons. The van der Waals surface area contributed by atoms with Crippen LogP contribution in [0.2, 0.25) is 0 Å². The van der Waals surface area contributed by atoms with Crippen molar-refractivity contribution in [2.24, 2.45) is 0 Å². The summed E-state index contributed by atoms with van der Waals surface area (Å²) in [6.07, 6.45) is 2.97. The number of halogens is 1. The first-order valence-electron chi connectivity index (χ1n) is 11.6. The van der Waals surface area contributed by atoms with Gasteiger partial charge in [0.25, 0.3) is 0 Å². The number of hydrogen-bond acceptors (Lipinski definition) is 8. The first kappa shape index (κ1) is 27.7. The van der Waals surface area contributed by atoms with Gasteiger partial charge in [0.05, 0.1) is 25.6 Å². The molecule has 3 rings (SSSR count). The van der Waals surface area contributed by atoms with Crippen LogP contribution in [0.4, 0.5) is 10.2 Å². The Hall–Kier alpha value is -2.92. The minimum Gasteiger partial charge on any atom is -0.464 e. The Labute approximate surface area is 209 Å². The third-order valence-electron chi connectivity index (χ3n) is 5.26. The van der Waals surface area contributed by atoms with Gasteiger partial charge in [-0.1, -0.05) is 19.1 Å². The van der Waals surface area contributed by atoms with Crippen LogP contribution in [0.5, 0.6) is 0 Å². The number of nitrogen functional groups attached to an aromatic ring is 1. The minimum atomic E-state index is -3.52. The summed E-state index contributed by atoms with van der Waals surface area (Å²) < 4.78 is 40.5. The number of anilines is 1. The molecule has 0 aliphatic heterocycles. The van der Waals surface area contributed by atoms with Crippen molar-refractivity contribution in [3.63, 3.8) is 0 Å². The van der Waals surface area contributed by atoms with E-state index >= 15 is 0 Å². The topological polar surface area (TPSA) is 146 Å². The lowest BCUT2D eigenvalue weighted by Gasteiger charge is -2.31. The van der Waals surface area contributed by atoms with Gasteiger partial charge in [0, 0.05) is 6.54 Å². The monoisotopic (exact) mass is 521 g/mol. The predicted molar refractivity (Wildman–Crippen MR) is 134 cm³/mol. The molecule has 1 unspecified atom stereocenters. The lowest BCUT2D eigenvalue weighted by Crippen LogP contribution is -2.48. The zero-order chi connectivity index (χ0) is 26.3. The number of nitrogens with one attached hydrogen (secondary N) is 2. The van der Waals surface area contributed by atoms with Crippen molar-refractivity contribution in [1.29, 1.82) is 0 Å². The maximum atomic E-state index is 13.9. The van der Waals surface area contributed by atoms with E-state index in [1.165, 1.54) is 18.5 Å². The Morgan fingerprint density at radius 1 is 1.31 bits per heavy atom. The summed E-state index contributed by atoms with van der Waals surface area (Å²) in [5.41, 5.74) is 6.23. The van der Waals surface area contributed by atoms with Crippen molar-refractivity contribution in [2.45, 2.75) is 58.8 Å². The van der Waals surface area contributed by atoms with E-state index < -0.39 is 30.9 Å². The normalized spacial score (nSPS) is 14.5. The zero-order valence-electron chi connectivity index (χ0n) is 20.9. The molecule has 0 bridgehead atoms. The molecule has 3 aromatic rings. The average molecular weight is 522 g/mol. The van der Waals surface area contributed by atoms with Gasteiger partial charge in [-0.25, -0.2) is 29.5 Å². The second-order valence-corrected chi connectivity index (χ2v) is 11.3. The lowest BCUT2D eigenvalue weighted by atomic mass is 10.1. The number of nitrogens with two attached hydrogens (primary N) is 1. The second kappa shape index (κ2) is 11.9. The molecular weight excluding hydrogens is 488 g/mol. The molecule has 2 aromatic heterocycles. The summed E-state index contributed by atoms with van der Waals surface area (Å²) in [7, 11) is -3.52. The highest BCUT2D eigenvalue weighted by atomic mass is 31.2.